The molecule has 42 heavy (non-hydrogen) atoms. The Labute approximate surface area is 245 Å². The van der Waals surface area contributed by atoms with Gasteiger partial charge in [-0.15, -0.1) is 0 Å². The van der Waals surface area contributed by atoms with Crippen molar-refractivity contribution < 1.29 is 53.1 Å². The predicted octanol–water partition coefficient (Wildman–Crippen LogP) is 1.58. The molecule has 0 aliphatic rings. The normalized spacial score (nSPS) is 15.6. The van der Waals surface area contributed by atoms with Crippen LogP contribution in [-0.2, 0) is 42.9 Å². The minimum absolute atomic E-state index is 0.268. The van der Waals surface area contributed by atoms with E-state index in [1.54, 1.807) is 20.8 Å². The van der Waals surface area contributed by atoms with Gasteiger partial charge in [-0.2, -0.15) is 25.3 Å². The third kappa shape index (κ3) is 8.65. The summed E-state index contributed by atoms with van der Waals surface area (Å²) in [7, 11) is -14.0. The van der Waals surface area contributed by atoms with Gasteiger partial charge >= 0.3 is 0 Å². The van der Waals surface area contributed by atoms with E-state index in [0.717, 1.165) is 5.56 Å². The molecule has 3 rings (SSSR count). The molecule has 0 fully saturated rings. The van der Waals surface area contributed by atoms with E-state index >= 15 is 0 Å². The highest BCUT2D eigenvalue weighted by Crippen LogP contribution is 2.26. The molecule has 3 N–H and O–H groups in total. The van der Waals surface area contributed by atoms with Gasteiger partial charge in [0.15, 0.2) is 0 Å². The van der Waals surface area contributed by atoms with E-state index < -0.39 is 72.9 Å². The largest absolute Gasteiger partial charge is 0.394 e. The van der Waals surface area contributed by atoms with Crippen molar-refractivity contribution in [1.29, 1.82) is 0 Å². The number of rotatable bonds is 14. The van der Waals surface area contributed by atoms with Gasteiger partial charge in [-0.1, -0.05) is 53.1 Å². The van der Waals surface area contributed by atoms with Crippen molar-refractivity contribution >= 4 is 30.4 Å². The van der Waals surface area contributed by atoms with Crippen LogP contribution in [0.25, 0.3) is 0 Å². The lowest BCUT2D eigenvalue weighted by atomic mass is 10.0. The molecule has 0 saturated heterocycles. The first-order valence-electron chi connectivity index (χ1n) is 12.5. The zero-order valence-corrected chi connectivity index (χ0v) is 25.3. The zero-order valence-electron chi connectivity index (χ0n) is 22.9. The second-order valence-corrected chi connectivity index (χ2v) is 14.3. The third-order valence-corrected chi connectivity index (χ3v) is 10.0. The second-order valence-electron chi connectivity index (χ2n) is 9.52. The fraction of sp³-hybridized carbons (Fsp3) is 0.333. The Kier molecular flexibility index (Phi) is 11.0. The summed E-state index contributed by atoms with van der Waals surface area (Å²) in [6, 6.07) is 16.1. The average molecular weight is 645 g/mol. The van der Waals surface area contributed by atoms with Crippen LogP contribution in [-0.4, -0.2) is 78.2 Å². The summed E-state index contributed by atoms with van der Waals surface area (Å²) in [5, 5.41) is 31.2. The van der Waals surface area contributed by atoms with Gasteiger partial charge in [0.25, 0.3) is 30.4 Å². The van der Waals surface area contributed by atoms with E-state index in [0.29, 0.717) is 11.1 Å². The number of benzene rings is 3. The first kappa shape index (κ1) is 33.8. The molecule has 0 bridgehead atoms. The number of aliphatic hydroxyl groups excluding tert-OH is 3. The first-order chi connectivity index (χ1) is 19.6. The van der Waals surface area contributed by atoms with Crippen molar-refractivity contribution in [2.45, 2.75) is 59.9 Å². The standard InChI is InChI=1S/C27H32O12S3/c1-18-4-10-21(11-5-18)40(31,32)37-17-25(30)27(39-42(35,36)23-14-8-20(3)9-15-23)26(24(29)16-28)38-41(33,34)22-12-6-19(2)7-13-22/h4-15,24-30H,16-17H2,1-3H3/t24-,25-,26-,27-/m1/s1. The van der Waals surface area contributed by atoms with Crippen LogP contribution in [0.1, 0.15) is 16.7 Å². The van der Waals surface area contributed by atoms with Crippen LogP contribution >= 0.6 is 0 Å². The van der Waals surface area contributed by atoms with Gasteiger partial charge in [0.05, 0.1) is 27.9 Å². The second kappa shape index (κ2) is 13.7. The number of aryl methyl sites for hydroxylation is 3. The Hall–Kier alpha value is -2.73. The zero-order chi connectivity index (χ0) is 31.3. The van der Waals surface area contributed by atoms with E-state index in [1.807, 2.05) is 0 Å². The molecule has 4 atom stereocenters. The van der Waals surface area contributed by atoms with E-state index in [-0.39, 0.29) is 9.79 Å². The summed E-state index contributed by atoms with van der Waals surface area (Å²) < 4.78 is 93.1. The van der Waals surface area contributed by atoms with E-state index in [1.165, 1.54) is 72.8 Å². The molecule has 3 aromatic carbocycles. The minimum atomic E-state index is -4.78. The fourth-order valence-electron chi connectivity index (χ4n) is 3.62. The van der Waals surface area contributed by atoms with Crippen molar-refractivity contribution in [3.05, 3.63) is 89.5 Å². The first-order valence-corrected chi connectivity index (χ1v) is 16.7. The molecule has 0 radical (unpaired) electrons. The highest BCUT2D eigenvalue weighted by molar-refractivity contribution is 7.87. The smallest absolute Gasteiger partial charge is 0.297 e. The van der Waals surface area contributed by atoms with Crippen LogP contribution in [0.15, 0.2) is 87.5 Å². The summed E-state index contributed by atoms with van der Waals surface area (Å²) in [6.45, 7) is 2.86. The minimum Gasteiger partial charge on any atom is -0.394 e. The quantitative estimate of drug-likeness (QED) is 0.215. The maximum Gasteiger partial charge on any atom is 0.297 e. The summed E-state index contributed by atoms with van der Waals surface area (Å²) in [5.74, 6) is 0. The van der Waals surface area contributed by atoms with E-state index in [4.69, 9.17) is 12.5 Å². The molecule has 12 nitrogen and oxygen atoms in total. The average Bonchev–Trinajstić information content (AvgIpc) is 2.94. The molecule has 0 aromatic heterocycles. The molecular formula is C27H32O12S3. The van der Waals surface area contributed by atoms with Crippen LogP contribution in [0.5, 0.6) is 0 Å². The van der Waals surface area contributed by atoms with Crippen molar-refractivity contribution in [2.75, 3.05) is 13.2 Å². The molecule has 230 valence electrons. The van der Waals surface area contributed by atoms with Gasteiger partial charge in [-0.3, -0.25) is 12.5 Å². The lowest BCUT2D eigenvalue weighted by Gasteiger charge is -2.31. The molecule has 0 amide bonds. The van der Waals surface area contributed by atoms with E-state index in [2.05, 4.69) is 0 Å². The molecule has 15 heteroatoms. The molecular weight excluding hydrogens is 612 g/mol. The molecule has 0 heterocycles. The van der Waals surface area contributed by atoms with Crippen LogP contribution < -0.4 is 0 Å². The number of hydrogen-bond donors (Lipinski definition) is 3. The van der Waals surface area contributed by atoms with Crippen molar-refractivity contribution in [3.63, 3.8) is 0 Å². The molecule has 0 saturated carbocycles. The monoisotopic (exact) mass is 644 g/mol. The summed E-state index contributed by atoms with van der Waals surface area (Å²) in [6.07, 6.45) is -8.87. The number of aliphatic hydroxyl groups is 3. The van der Waals surface area contributed by atoms with Gasteiger partial charge in [0, 0.05) is 0 Å². The van der Waals surface area contributed by atoms with Crippen LogP contribution in [0, 0.1) is 20.8 Å². The SMILES string of the molecule is Cc1ccc(S(=O)(=O)OC[C@@H](O)[C@@H](OS(=O)(=O)c2ccc(C)cc2)[C@H](OS(=O)(=O)c2ccc(C)cc2)[C@H](O)CO)cc1. The summed E-state index contributed by atoms with van der Waals surface area (Å²) >= 11 is 0. The fourth-order valence-corrected chi connectivity index (χ4v) is 6.77. The van der Waals surface area contributed by atoms with Crippen LogP contribution in [0.4, 0.5) is 0 Å². The third-order valence-electron chi connectivity index (χ3n) is 6.07. The lowest BCUT2D eigenvalue weighted by Crippen LogP contribution is -2.52. The molecule has 0 aliphatic carbocycles. The number of hydrogen-bond acceptors (Lipinski definition) is 12. The van der Waals surface area contributed by atoms with Crippen molar-refractivity contribution in [1.82, 2.24) is 0 Å². The summed E-state index contributed by atoms with van der Waals surface area (Å²) in [4.78, 5) is -1.04. The maximum absolute atomic E-state index is 13.2. The van der Waals surface area contributed by atoms with Crippen LogP contribution in [0.2, 0.25) is 0 Å². The maximum atomic E-state index is 13.2. The summed E-state index contributed by atoms with van der Waals surface area (Å²) in [5.41, 5.74) is 2.19. The Bertz CT molecular complexity index is 1650. The Balaban J connectivity index is 2.00. The van der Waals surface area contributed by atoms with Gasteiger partial charge in [-0.05, 0) is 57.2 Å². The Morgan fingerprint density at radius 3 is 1.19 bits per heavy atom. The molecule has 0 unspecified atom stereocenters. The lowest BCUT2D eigenvalue weighted by molar-refractivity contribution is -0.0961. The van der Waals surface area contributed by atoms with Gasteiger partial charge < -0.3 is 15.3 Å². The van der Waals surface area contributed by atoms with Crippen molar-refractivity contribution in [2.24, 2.45) is 0 Å². The Morgan fingerprint density at radius 2 is 0.857 bits per heavy atom. The van der Waals surface area contributed by atoms with E-state index in [9.17, 15) is 40.6 Å². The topological polar surface area (TPSA) is 191 Å². The predicted molar refractivity (Wildman–Crippen MR) is 150 cm³/mol. The molecule has 0 spiro atoms. The molecule has 0 aliphatic heterocycles. The highest BCUT2D eigenvalue weighted by atomic mass is 32.2. The highest BCUT2D eigenvalue weighted by Gasteiger charge is 2.42. The molecule has 3 aromatic rings. The van der Waals surface area contributed by atoms with Gasteiger partial charge in [-0.25, -0.2) is 0 Å². The van der Waals surface area contributed by atoms with Gasteiger partial charge in [0.1, 0.15) is 24.4 Å². The van der Waals surface area contributed by atoms with Crippen LogP contribution in [0.3, 0.4) is 0 Å². The van der Waals surface area contributed by atoms with Crippen molar-refractivity contribution in [3.8, 4) is 0 Å². The Morgan fingerprint density at radius 1 is 0.548 bits per heavy atom. The van der Waals surface area contributed by atoms with Gasteiger partial charge in [0.2, 0.25) is 0 Å².